The summed E-state index contributed by atoms with van der Waals surface area (Å²) in [5.74, 6) is 0. The molecule has 0 nitrogen and oxygen atoms in total. The van der Waals surface area contributed by atoms with Gasteiger partial charge in [-0.05, 0) is 36.1 Å². The molecule has 2 rings (SSSR count). The van der Waals surface area contributed by atoms with Crippen molar-refractivity contribution in [1.29, 1.82) is 0 Å². The predicted molar refractivity (Wildman–Crippen MR) is 74.9 cm³/mol. The van der Waals surface area contributed by atoms with E-state index in [4.69, 9.17) is 23.2 Å². The minimum absolute atomic E-state index is 0.0319. The van der Waals surface area contributed by atoms with Gasteiger partial charge in [0.2, 0.25) is 0 Å². The summed E-state index contributed by atoms with van der Waals surface area (Å²) in [6, 6.07) is 16.3. The Morgan fingerprint density at radius 3 is 2.41 bits per heavy atom. The number of benzene rings is 2. The number of hydrogen-bond donors (Lipinski definition) is 0. The fraction of sp³-hybridized carbons (Fsp3) is 0.200. The van der Waals surface area contributed by atoms with Gasteiger partial charge < -0.3 is 0 Å². The molecular formula is C15H14Cl2. The molecule has 88 valence electrons. The maximum atomic E-state index is 6.41. The molecule has 0 saturated heterocycles. The molecule has 1 unspecified atom stereocenters. The summed E-state index contributed by atoms with van der Waals surface area (Å²) < 4.78 is 0. The Kier molecular flexibility index (Phi) is 4.09. The van der Waals surface area contributed by atoms with Crippen LogP contribution in [0.15, 0.2) is 48.5 Å². The Bertz CT molecular complexity index is 492. The molecule has 0 aromatic heterocycles. The van der Waals surface area contributed by atoms with Crippen molar-refractivity contribution >= 4 is 23.2 Å². The fourth-order valence-corrected chi connectivity index (χ4v) is 2.25. The zero-order chi connectivity index (χ0) is 12.3. The van der Waals surface area contributed by atoms with Crippen LogP contribution in [-0.4, -0.2) is 0 Å². The van der Waals surface area contributed by atoms with Gasteiger partial charge in [-0.15, -0.1) is 11.6 Å². The molecular weight excluding hydrogens is 251 g/mol. The lowest BCUT2D eigenvalue weighted by molar-refractivity contribution is 0.919. The molecule has 0 bridgehead atoms. The number of rotatable bonds is 3. The van der Waals surface area contributed by atoms with E-state index in [0.29, 0.717) is 0 Å². The Hall–Kier alpha value is -0.980. The molecule has 0 aliphatic heterocycles. The van der Waals surface area contributed by atoms with Crippen molar-refractivity contribution in [2.75, 3.05) is 0 Å². The SMILES string of the molecule is Cc1ccc(C(Cl)Cc2ccccc2)cc1Cl. The largest absolute Gasteiger partial charge is 0.117 e. The molecule has 2 heteroatoms. The van der Waals surface area contributed by atoms with E-state index in [1.54, 1.807) is 0 Å². The minimum Gasteiger partial charge on any atom is -0.117 e. The molecule has 0 radical (unpaired) electrons. The van der Waals surface area contributed by atoms with Crippen LogP contribution in [0.3, 0.4) is 0 Å². The third-order valence-electron chi connectivity index (χ3n) is 2.82. The molecule has 0 amide bonds. The first-order chi connectivity index (χ1) is 8.16. The van der Waals surface area contributed by atoms with Gasteiger partial charge in [0.05, 0.1) is 5.38 Å². The maximum absolute atomic E-state index is 6.41. The monoisotopic (exact) mass is 264 g/mol. The van der Waals surface area contributed by atoms with Crippen LogP contribution in [0, 0.1) is 6.92 Å². The second-order valence-electron chi connectivity index (χ2n) is 4.17. The summed E-state index contributed by atoms with van der Waals surface area (Å²) in [5.41, 5.74) is 3.40. The molecule has 0 saturated carbocycles. The highest BCUT2D eigenvalue weighted by Gasteiger charge is 2.09. The highest BCUT2D eigenvalue weighted by Crippen LogP contribution is 2.28. The van der Waals surface area contributed by atoms with Crippen molar-refractivity contribution in [3.8, 4) is 0 Å². The lowest BCUT2D eigenvalue weighted by Gasteiger charge is -2.11. The molecule has 0 fully saturated rings. The molecule has 2 aromatic rings. The van der Waals surface area contributed by atoms with E-state index in [2.05, 4.69) is 12.1 Å². The first kappa shape index (κ1) is 12.5. The van der Waals surface area contributed by atoms with Gasteiger partial charge in [0.15, 0.2) is 0 Å². The summed E-state index contributed by atoms with van der Waals surface area (Å²) in [5, 5.41) is 0.747. The zero-order valence-corrected chi connectivity index (χ0v) is 11.2. The maximum Gasteiger partial charge on any atom is 0.0626 e. The molecule has 0 spiro atoms. The van der Waals surface area contributed by atoms with Gasteiger partial charge in [-0.25, -0.2) is 0 Å². The van der Waals surface area contributed by atoms with Crippen LogP contribution in [-0.2, 0) is 6.42 Å². The van der Waals surface area contributed by atoms with Crippen molar-refractivity contribution < 1.29 is 0 Å². The van der Waals surface area contributed by atoms with Crippen molar-refractivity contribution in [2.45, 2.75) is 18.7 Å². The number of alkyl halides is 1. The average molecular weight is 265 g/mol. The second-order valence-corrected chi connectivity index (χ2v) is 5.10. The number of aryl methyl sites for hydroxylation is 1. The summed E-state index contributed by atoms with van der Waals surface area (Å²) in [7, 11) is 0. The van der Waals surface area contributed by atoms with Crippen LogP contribution in [0.25, 0.3) is 0 Å². The number of hydrogen-bond acceptors (Lipinski definition) is 0. The smallest absolute Gasteiger partial charge is 0.0626 e. The molecule has 0 heterocycles. The van der Waals surface area contributed by atoms with E-state index in [0.717, 1.165) is 22.6 Å². The van der Waals surface area contributed by atoms with Crippen molar-refractivity contribution in [3.05, 3.63) is 70.2 Å². The molecule has 0 N–H and O–H groups in total. The van der Waals surface area contributed by atoms with Gasteiger partial charge in [-0.3, -0.25) is 0 Å². The first-order valence-electron chi connectivity index (χ1n) is 5.61. The lowest BCUT2D eigenvalue weighted by Crippen LogP contribution is -1.96. The van der Waals surface area contributed by atoms with Crippen LogP contribution in [0.5, 0.6) is 0 Å². The minimum atomic E-state index is -0.0319. The predicted octanol–water partition coefficient (Wildman–Crippen LogP) is 5.17. The van der Waals surface area contributed by atoms with E-state index in [1.165, 1.54) is 5.56 Å². The quantitative estimate of drug-likeness (QED) is 0.671. The Balaban J connectivity index is 2.14. The second kappa shape index (κ2) is 5.57. The molecule has 2 aromatic carbocycles. The third kappa shape index (κ3) is 3.24. The van der Waals surface area contributed by atoms with Gasteiger partial charge in [0.1, 0.15) is 0 Å². The van der Waals surface area contributed by atoms with E-state index in [1.807, 2.05) is 43.3 Å². The van der Waals surface area contributed by atoms with Crippen LogP contribution in [0.4, 0.5) is 0 Å². The Morgan fingerprint density at radius 1 is 1.06 bits per heavy atom. The lowest BCUT2D eigenvalue weighted by atomic mass is 10.0. The molecule has 0 aliphatic rings. The zero-order valence-electron chi connectivity index (χ0n) is 9.66. The molecule has 1 atom stereocenters. The van der Waals surface area contributed by atoms with E-state index in [-0.39, 0.29) is 5.38 Å². The Morgan fingerprint density at radius 2 is 1.76 bits per heavy atom. The summed E-state index contributed by atoms with van der Waals surface area (Å²) in [4.78, 5) is 0. The highest BCUT2D eigenvalue weighted by atomic mass is 35.5. The molecule has 17 heavy (non-hydrogen) atoms. The number of halogens is 2. The van der Waals surface area contributed by atoms with Crippen LogP contribution >= 0.6 is 23.2 Å². The van der Waals surface area contributed by atoms with Gasteiger partial charge in [-0.1, -0.05) is 54.1 Å². The van der Waals surface area contributed by atoms with E-state index < -0.39 is 0 Å². The highest BCUT2D eigenvalue weighted by molar-refractivity contribution is 6.31. The first-order valence-corrected chi connectivity index (χ1v) is 6.42. The van der Waals surface area contributed by atoms with Gasteiger partial charge in [0, 0.05) is 5.02 Å². The average Bonchev–Trinajstić information content (AvgIpc) is 2.34. The fourth-order valence-electron chi connectivity index (χ4n) is 1.74. The van der Waals surface area contributed by atoms with Gasteiger partial charge in [-0.2, -0.15) is 0 Å². The van der Waals surface area contributed by atoms with Crippen molar-refractivity contribution in [1.82, 2.24) is 0 Å². The van der Waals surface area contributed by atoms with E-state index >= 15 is 0 Å². The van der Waals surface area contributed by atoms with Gasteiger partial charge in [0.25, 0.3) is 0 Å². The molecule has 0 aliphatic carbocycles. The summed E-state index contributed by atoms with van der Waals surface area (Å²) in [6.07, 6.45) is 0.821. The summed E-state index contributed by atoms with van der Waals surface area (Å²) in [6.45, 7) is 1.99. The van der Waals surface area contributed by atoms with Crippen LogP contribution < -0.4 is 0 Å². The summed E-state index contributed by atoms with van der Waals surface area (Å²) >= 11 is 12.5. The van der Waals surface area contributed by atoms with Crippen molar-refractivity contribution in [3.63, 3.8) is 0 Å². The normalized spacial score (nSPS) is 12.4. The van der Waals surface area contributed by atoms with E-state index in [9.17, 15) is 0 Å². The van der Waals surface area contributed by atoms with Crippen LogP contribution in [0.2, 0.25) is 5.02 Å². The third-order valence-corrected chi connectivity index (χ3v) is 3.63. The Labute approximate surface area is 112 Å². The van der Waals surface area contributed by atoms with Gasteiger partial charge >= 0.3 is 0 Å². The van der Waals surface area contributed by atoms with Crippen LogP contribution in [0.1, 0.15) is 22.1 Å². The standard InChI is InChI=1S/C15H14Cl2/c1-11-7-8-13(10-14(11)16)15(17)9-12-5-3-2-4-6-12/h2-8,10,15H,9H2,1H3. The van der Waals surface area contributed by atoms with Crippen molar-refractivity contribution in [2.24, 2.45) is 0 Å². The topological polar surface area (TPSA) is 0 Å².